The first-order valence-corrected chi connectivity index (χ1v) is 12.1. The van der Waals surface area contributed by atoms with Crippen molar-refractivity contribution in [1.82, 2.24) is 24.6 Å². The Labute approximate surface area is 204 Å². The Morgan fingerprint density at radius 1 is 1.20 bits per heavy atom. The van der Waals surface area contributed by atoms with Crippen molar-refractivity contribution in [2.75, 3.05) is 0 Å². The smallest absolute Gasteiger partial charge is 0.410 e. The normalized spacial score (nSPS) is 21.4. The van der Waals surface area contributed by atoms with E-state index in [2.05, 4.69) is 15.1 Å². The van der Waals surface area contributed by atoms with Crippen LogP contribution in [-0.2, 0) is 11.2 Å². The minimum Gasteiger partial charge on any atom is -0.474 e. The third-order valence-electron chi connectivity index (χ3n) is 6.82. The topological polar surface area (TPSA) is 82.4 Å². The SMILES string of the molecule is Cc1c(Cc2ccc(-n3cccn3)cc2F)ncnc1OC1CC2CCC(C1)N2C(=O)OC(C)C. The van der Waals surface area contributed by atoms with Gasteiger partial charge in [-0.3, -0.25) is 0 Å². The van der Waals surface area contributed by atoms with E-state index in [4.69, 9.17) is 9.47 Å². The molecule has 1 aromatic carbocycles. The van der Waals surface area contributed by atoms with Crippen LogP contribution >= 0.6 is 0 Å². The lowest BCUT2D eigenvalue weighted by molar-refractivity contribution is 0.0206. The van der Waals surface area contributed by atoms with Crippen molar-refractivity contribution in [3.8, 4) is 11.6 Å². The van der Waals surface area contributed by atoms with Crippen LogP contribution in [0.1, 0.15) is 56.4 Å². The molecule has 2 aromatic heterocycles. The lowest BCUT2D eigenvalue weighted by Crippen LogP contribution is -2.50. The fourth-order valence-corrected chi connectivity index (χ4v) is 5.13. The van der Waals surface area contributed by atoms with Crippen molar-refractivity contribution in [1.29, 1.82) is 0 Å². The first kappa shape index (κ1) is 23.3. The molecule has 0 aliphatic carbocycles. The highest BCUT2D eigenvalue weighted by Crippen LogP contribution is 2.38. The van der Waals surface area contributed by atoms with Gasteiger partial charge in [0.05, 0.1) is 17.5 Å². The summed E-state index contributed by atoms with van der Waals surface area (Å²) in [5, 5.41) is 4.15. The number of ether oxygens (including phenoxy) is 2. The van der Waals surface area contributed by atoms with Crippen LogP contribution in [0.5, 0.6) is 5.88 Å². The van der Waals surface area contributed by atoms with E-state index >= 15 is 0 Å². The average Bonchev–Trinajstić information content (AvgIpc) is 3.44. The molecule has 5 rings (SSSR count). The molecule has 0 saturated carbocycles. The molecule has 8 nitrogen and oxygen atoms in total. The molecule has 3 aromatic rings. The molecule has 2 atom stereocenters. The van der Waals surface area contributed by atoms with Crippen LogP contribution < -0.4 is 4.74 Å². The number of aromatic nitrogens is 4. The van der Waals surface area contributed by atoms with Gasteiger partial charge in [-0.05, 0) is 57.4 Å². The van der Waals surface area contributed by atoms with E-state index in [9.17, 15) is 9.18 Å². The van der Waals surface area contributed by atoms with Gasteiger partial charge in [0.25, 0.3) is 0 Å². The lowest BCUT2D eigenvalue weighted by atomic mass is 10.00. The van der Waals surface area contributed by atoms with E-state index in [1.165, 1.54) is 12.4 Å². The number of rotatable bonds is 6. The Kier molecular flexibility index (Phi) is 6.40. The van der Waals surface area contributed by atoms with Crippen molar-refractivity contribution in [3.05, 3.63) is 65.6 Å². The minimum atomic E-state index is -0.310. The molecule has 35 heavy (non-hydrogen) atoms. The van der Waals surface area contributed by atoms with Crippen LogP contribution in [0.3, 0.4) is 0 Å². The van der Waals surface area contributed by atoms with Gasteiger partial charge in [-0.15, -0.1) is 0 Å². The summed E-state index contributed by atoms with van der Waals surface area (Å²) in [6.07, 6.45) is 8.23. The van der Waals surface area contributed by atoms with Crippen molar-refractivity contribution in [2.45, 2.75) is 77.2 Å². The molecule has 0 spiro atoms. The van der Waals surface area contributed by atoms with Gasteiger partial charge >= 0.3 is 6.09 Å². The fourth-order valence-electron chi connectivity index (χ4n) is 5.13. The maximum atomic E-state index is 14.8. The van der Waals surface area contributed by atoms with Crippen molar-refractivity contribution >= 4 is 6.09 Å². The lowest BCUT2D eigenvalue weighted by Gasteiger charge is -2.38. The van der Waals surface area contributed by atoms with Gasteiger partial charge < -0.3 is 14.4 Å². The number of benzene rings is 1. The second-order valence-electron chi connectivity index (χ2n) is 9.59. The van der Waals surface area contributed by atoms with E-state index in [0.29, 0.717) is 23.6 Å². The monoisotopic (exact) mass is 479 g/mol. The molecule has 4 heterocycles. The van der Waals surface area contributed by atoms with Crippen LogP contribution in [0.15, 0.2) is 43.0 Å². The van der Waals surface area contributed by atoms with E-state index in [1.54, 1.807) is 29.2 Å². The maximum absolute atomic E-state index is 14.8. The Morgan fingerprint density at radius 2 is 1.97 bits per heavy atom. The number of hydrogen-bond donors (Lipinski definition) is 0. The average molecular weight is 480 g/mol. The number of hydrogen-bond acceptors (Lipinski definition) is 6. The van der Waals surface area contributed by atoms with Gasteiger partial charge in [-0.1, -0.05) is 6.07 Å². The van der Waals surface area contributed by atoms with E-state index < -0.39 is 0 Å². The zero-order valence-electron chi connectivity index (χ0n) is 20.2. The van der Waals surface area contributed by atoms with Crippen molar-refractivity contribution in [3.63, 3.8) is 0 Å². The van der Waals surface area contributed by atoms with Gasteiger partial charge in [-0.2, -0.15) is 5.10 Å². The summed E-state index contributed by atoms with van der Waals surface area (Å²) in [5.74, 6) is 0.210. The fraction of sp³-hybridized carbons (Fsp3) is 0.462. The number of nitrogens with zero attached hydrogens (tertiary/aromatic N) is 5. The standard InChI is InChI=1S/C26H30FN5O3/c1-16(2)34-26(33)32-20-7-8-21(32)13-22(12-20)35-25-17(3)24(28-15-29-25)11-18-5-6-19(14-23(18)27)31-10-4-9-30-31/h4-6,9-10,14-16,20-22H,7-8,11-13H2,1-3H3. The minimum absolute atomic E-state index is 0.0397. The largest absolute Gasteiger partial charge is 0.474 e. The van der Waals surface area contributed by atoms with Gasteiger partial charge in [0.2, 0.25) is 5.88 Å². The Bertz CT molecular complexity index is 1190. The first-order valence-electron chi connectivity index (χ1n) is 12.1. The third-order valence-corrected chi connectivity index (χ3v) is 6.82. The van der Waals surface area contributed by atoms with Gasteiger partial charge in [0.1, 0.15) is 18.2 Å². The molecule has 1 amide bonds. The van der Waals surface area contributed by atoms with Crippen molar-refractivity contribution in [2.24, 2.45) is 0 Å². The molecule has 2 aliphatic heterocycles. The summed E-state index contributed by atoms with van der Waals surface area (Å²) in [6, 6.07) is 7.11. The van der Waals surface area contributed by atoms with Gasteiger partial charge in [0.15, 0.2) is 0 Å². The van der Waals surface area contributed by atoms with E-state index in [-0.39, 0.29) is 36.2 Å². The zero-order chi connectivity index (χ0) is 24.5. The second-order valence-corrected chi connectivity index (χ2v) is 9.59. The van der Waals surface area contributed by atoms with Crippen LogP contribution in [0.2, 0.25) is 0 Å². The van der Waals surface area contributed by atoms with E-state index in [0.717, 1.165) is 36.9 Å². The Balaban J connectivity index is 1.27. The van der Waals surface area contributed by atoms with Gasteiger partial charge in [-0.25, -0.2) is 23.8 Å². The third kappa shape index (κ3) is 4.85. The quantitative estimate of drug-likeness (QED) is 0.513. The summed E-state index contributed by atoms with van der Waals surface area (Å²) in [5.41, 5.74) is 2.74. The maximum Gasteiger partial charge on any atom is 0.410 e. The molecule has 0 radical (unpaired) electrons. The highest BCUT2D eigenvalue weighted by atomic mass is 19.1. The highest BCUT2D eigenvalue weighted by molar-refractivity contribution is 5.69. The van der Waals surface area contributed by atoms with E-state index in [1.807, 2.05) is 31.7 Å². The molecule has 2 bridgehead atoms. The molecule has 2 unspecified atom stereocenters. The molecular weight excluding hydrogens is 449 g/mol. The predicted octanol–water partition coefficient (Wildman–Crippen LogP) is 4.62. The molecule has 0 N–H and O–H groups in total. The molecule has 2 fully saturated rings. The summed E-state index contributed by atoms with van der Waals surface area (Å²) >= 11 is 0. The molecule has 184 valence electrons. The first-order chi connectivity index (χ1) is 16.9. The van der Waals surface area contributed by atoms with Crippen LogP contribution in [-0.4, -0.2) is 55.0 Å². The van der Waals surface area contributed by atoms with Crippen molar-refractivity contribution < 1.29 is 18.7 Å². The Morgan fingerprint density at radius 3 is 2.63 bits per heavy atom. The predicted molar refractivity (Wildman–Crippen MR) is 127 cm³/mol. The number of carbonyl (C=O) groups is 1. The second kappa shape index (κ2) is 9.64. The Hall–Kier alpha value is -3.49. The van der Waals surface area contributed by atoms with Crippen LogP contribution in [0, 0.1) is 12.7 Å². The number of fused-ring (bicyclic) bond motifs is 2. The van der Waals surface area contributed by atoms with Crippen LogP contribution in [0.4, 0.5) is 9.18 Å². The van der Waals surface area contributed by atoms with Crippen LogP contribution in [0.25, 0.3) is 5.69 Å². The number of amides is 1. The summed E-state index contributed by atoms with van der Waals surface area (Å²) in [7, 11) is 0. The summed E-state index contributed by atoms with van der Waals surface area (Å²) < 4.78 is 28.2. The molecule has 2 saturated heterocycles. The number of halogens is 1. The number of carbonyl (C=O) groups excluding carboxylic acids is 1. The van der Waals surface area contributed by atoms with Gasteiger partial charge in [0, 0.05) is 49.3 Å². The molecular formula is C26H30FN5O3. The number of piperidine rings is 1. The highest BCUT2D eigenvalue weighted by Gasteiger charge is 2.45. The zero-order valence-corrected chi connectivity index (χ0v) is 20.2. The molecule has 9 heteroatoms. The summed E-state index contributed by atoms with van der Waals surface area (Å²) in [4.78, 5) is 23.2. The summed E-state index contributed by atoms with van der Waals surface area (Å²) in [6.45, 7) is 5.64. The molecule has 2 aliphatic rings.